The maximum atomic E-state index is 10.4. The Hall–Kier alpha value is -1.61. The van der Waals surface area contributed by atoms with Crippen LogP contribution in [0.1, 0.15) is 0 Å². The fourth-order valence-electron chi connectivity index (χ4n) is 3.29. The van der Waals surface area contributed by atoms with E-state index in [-0.39, 0.29) is 0 Å². The number of rotatable bonds is 2. The lowest BCUT2D eigenvalue weighted by atomic mass is 9.96. The van der Waals surface area contributed by atoms with Crippen LogP contribution in [0.3, 0.4) is 0 Å². The van der Waals surface area contributed by atoms with Crippen LogP contribution in [0.25, 0.3) is 0 Å². The highest BCUT2D eigenvalue weighted by Crippen LogP contribution is 2.48. The Kier molecular flexibility index (Phi) is 4.45. The van der Waals surface area contributed by atoms with Crippen molar-refractivity contribution in [3.8, 4) is 0 Å². The van der Waals surface area contributed by atoms with Gasteiger partial charge in [0.05, 0.1) is 30.1 Å². The highest BCUT2D eigenvalue weighted by Gasteiger charge is 2.43. The van der Waals surface area contributed by atoms with E-state index < -0.39 is 30.6 Å². The number of hydrogen-bond donors (Lipinski definition) is 4. The minimum absolute atomic E-state index is 0.313. The molecule has 1 fully saturated rings. The van der Waals surface area contributed by atoms with Crippen molar-refractivity contribution in [2.75, 3.05) is 11.4 Å². The van der Waals surface area contributed by atoms with Gasteiger partial charge in [-0.05, 0) is 24.3 Å². The maximum absolute atomic E-state index is 10.4. The number of fused-ring (bicyclic) bond motifs is 2. The summed E-state index contributed by atoms with van der Waals surface area (Å²) in [7, 11) is 0. The normalized spacial score (nSPS) is 31.4. The molecule has 4 rings (SSSR count). The van der Waals surface area contributed by atoms with E-state index in [1.54, 1.807) is 11.8 Å². The molecule has 7 heteroatoms. The summed E-state index contributed by atoms with van der Waals surface area (Å²) in [4.78, 5) is 4.28. The number of benzene rings is 2. The van der Waals surface area contributed by atoms with Crippen LogP contribution < -0.4 is 10.6 Å². The van der Waals surface area contributed by atoms with Crippen LogP contribution in [-0.4, -0.2) is 52.5 Å². The molecule has 6 nitrogen and oxygen atoms in total. The molecule has 0 saturated carbocycles. The molecule has 2 aliphatic rings. The van der Waals surface area contributed by atoms with Crippen LogP contribution >= 0.6 is 11.8 Å². The van der Waals surface area contributed by atoms with Crippen molar-refractivity contribution in [2.24, 2.45) is 5.73 Å². The van der Waals surface area contributed by atoms with Crippen LogP contribution in [-0.2, 0) is 4.74 Å². The van der Waals surface area contributed by atoms with E-state index in [4.69, 9.17) is 10.5 Å². The molecular weight excluding hydrogens is 340 g/mol. The van der Waals surface area contributed by atoms with Crippen molar-refractivity contribution < 1.29 is 20.1 Å². The van der Waals surface area contributed by atoms with E-state index in [1.807, 2.05) is 48.5 Å². The lowest BCUT2D eigenvalue weighted by Gasteiger charge is -2.42. The van der Waals surface area contributed by atoms with Gasteiger partial charge in [0.1, 0.15) is 12.2 Å². The first-order chi connectivity index (χ1) is 12.1. The second-order valence-electron chi connectivity index (χ2n) is 6.27. The second-order valence-corrected chi connectivity index (χ2v) is 7.36. The lowest BCUT2D eigenvalue weighted by molar-refractivity contribution is -0.249. The number of hydrogen-bond acceptors (Lipinski definition) is 7. The maximum Gasteiger partial charge on any atom is 0.183 e. The Bertz CT molecular complexity index is 729. The number of aliphatic hydroxyl groups is 3. The first-order valence-corrected chi connectivity index (χ1v) is 8.96. The summed E-state index contributed by atoms with van der Waals surface area (Å²) in [6, 6.07) is 15.1. The van der Waals surface area contributed by atoms with Crippen LogP contribution in [0, 0.1) is 0 Å². The Morgan fingerprint density at radius 1 is 0.920 bits per heavy atom. The minimum Gasteiger partial charge on any atom is -0.389 e. The van der Waals surface area contributed by atoms with Gasteiger partial charge in [-0.3, -0.25) is 0 Å². The molecule has 2 aromatic carbocycles. The van der Waals surface area contributed by atoms with Gasteiger partial charge in [-0.1, -0.05) is 36.0 Å². The Labute approximate surface area is 149 Å². The van der Waals surface area contributed by atoms with E-state index in [0.29, 0.717) is 6.54 Å². The zero-order valence-corrected chi connectivity index (χ0v) is 14.2. The molecule has 0 amide bonds. The highest BCUT2D eigenvalue weighted by atomic mass is 32.2. The van der Waals surface area contributed by atoms with E-state index in [2.05, 4.69) is 4.90 Å². The third-order valence-corrected chi connectivity index (χ3v) is 5.80. The molecule has 2 aromatic rings. The minimum atomic E-state index is -1.41. The molecule has 132 valence electrons. The van der Waals surface area contributed by atoms with Gasteiger partial charge in [0.15, 0.2) is 6.29 Å². The van der Waals surface area contributed by atoms with Crippen LogP contribution in [0.2, 0.25) is 0 Å². The molecule has 2 heterocycles. The van der Waals surface area contributed by atoms with E-state index in [0.717, 1.165) is 21.2 Å². The monoisotopic (exact) mass is 360 g/mol. The van der Waals surface area contributed by atoms with Gasteiger partial charge in [0.2, 0.25) is 0 Å². The second kappa shape index (κ2) is 6.60. The van der Waals surface area contributed by atoms with Crippen molar-refractivity contribution in [3.63, 3.8) is 0 Å². The molecule has 0 spiro atoms. The average Bonchev–Trinajstić information content (AvgIpc) is 2.64. The third-order valence-electron chi connectivity index (χ3n) is 4.67. The van der Waals surface area contributed by atoms with E-state index in [1.165, 1.54) is 0 Å². The zero-order valence-electron chi connectivity index (χ0n) is 13.4. The van der Waals surface area contributed by atoms with E-state index >= 15 is 0 Å². The zero-order chi connectivity index (χ0) is 17.6. The molecule has 5 atom stereocenters. The average molecular weight is 360 g/mol. The van der Waals surface area contributed by atoms with Gasteiger partial charge >= 0.3 is 0 Å². The molecule has 25 heavy (non-hydrogen) atoms. The molecule has 5 N–H and O–H groups in total. The molecule has 2 aliphatic heterocycles. The molecular formula is C18H20N2O4S. The van der Waals surface area contributed by atoms with Crippen molar-refractivity contribution in [2.45, 2.75) is 40.4 Å². The summed E-state index contributed by atoms with van der Waals surface area (Å²) in [5.74, 6) is 0. The van der Waals surface area contributed by atoms with Crippen LogP contribution in [0.5, 0.6) is 0 Å². The molecule has 0 aliphatic carbocycles. The fraction of sp³-hybridized carbons (Fsp3) is 0.333. The smallest absolute Gasteiger partial charge is 0.183 e. The van der Waals surface area contributed by atoms with Crippen molar-refractivity contribution in [1.29, 1.82) is 0 Å². The topological polar surface area (TPSA) is 99.2 Å². The summed E-state index contributed by atoms with van der Waals surface area (Å²) in [6.07, 6.45) is -4.51. The predicted octanol–water partition coefficient (Wildman–Crippen LogP) is 1.06. The largest absolute Gasteiger partial charge is 0.389 e. The predicted molar refractivity (Wildman–Crippen MR) is 94.9 cm³/mol. The number of aliphatic hydroxyl groups excluding tert-OH is 3. The van der Waals surface area contributed by atoms with E-state index in [9.17, 15) is 15.3 Å². The van der Waals surface area contributed by atoms with Crippen molar-refractivity contribution >= 4 is 23.1 Å². The molecule has 1 unspecified atom stereocenters. The number of ether oxygens (including phenoxy) is 1. The number of nitrogens with zero attached hydrogens (tertiary/aromatic N) is 1. The van der Waals surface area contributed by atoms with Gasteiger partial charge in [0.25, 0.3) is 0 Å². The summed E-state index contributed by atoms with van der Waals surface area (Å²) in [5.41, 5.74) is 7.86. The molecule has 1 saturated heterocycles. The van der Waals surface area contributed by atoms with Crippen molar-refractivity contribution in [1.82, 2.24) is 0 Å². The quantitative estimate of drug-likeness (QED) is 0.635. The van der Waals surface area contributed by atoms with Gasteiger partial charge in [-0.2, -0.15) is 0 Å². The number of nitrogens with two attached hydrogens (primary N) is 1. The third kappa shape index (κ3) is 2.93. The molecule has 0 radical (unpaired) electrons. The first-order valence-electron chi connectivity index (χ1n) is 8.15. The van der Waals surface area contributed by atoms with Crippen molar-refractivity contribution in [3.05, 3.63) is 48.5 Å². The first kappa shape index (κ1) is 16.8. The van der Waals surface area contributed by atoms with Gasteiger partial charge in [0, 0.05) is 9.79 Å². The molecule has 0 bridgehead atoms. The standard InChI is InChI=1S/C18H20N2O4S/c19-15-16(21)12(24-18(23)17(15)22)9-20-10-5-1-3-7-13(10)25-14-8-4-2-6-11(14)20/h1-8,12,15-18,21-23H,9,19H2/t12-,15+,16-,17-,18?/m1/s1. The van der Waals surface area contributed by atoms with Crippen LogP contribution in [0.15, 0.2) is 58.3 Å². The summed E-state index contributed by atoms with van der Waals surface area (Å²) < 4.78 is 5.44. The SMILES string of the molecule is N[C@H]1[C@H](O)[C@@H](CN2c3ccccc3Sc3ccccc32)OC(O)[C@@H]1O. The number of para-hydroxylation sites is 2. The fourth-order valence-corrected chi connectivity index (χ4v) is 4.38. The summed E-state index contributed by atoms with van der Waals surface area (Å²) in [5, 5.41) is 30.0. The highest BCUT2D eigenvalue weighted by molar-refractivity contribution is 7.99. The van der Waals surface area contributed by atoms with Crippen LogP contribution in [0.4, 0.5) is 11.4 Å². The number of anilines is 2. The Balaban J connectivity index is 1.68. The summed E-state index contributed by atoms with van der Waals surface area (Å²) >= 11 is 1.69. The lowest BCUT2D eigenvalue weighted by Crippen LogP contribution is -2.63. The van der Waals surface area contributed by atoms with Gasteiger partial charge < -0.3 is 30.7 Å². The Morgan fingerprint density at radius 3 is 2.08 bits per heavy atom. The molecule has 0 aromatic heterocycles. The summed E-state index contributed by atoms with van der Waals surface area (Å²) in [6.45, 7) is 0.313. The van der Waals surface area contributed by atoms with Gasteiger partial charge in [-0.25, -0.2) is 0 Å². The Morgan fingerprint density at radius 2 is 1.48 bits per heavy atom. The van der Waals surface area contributed by atoms with Gasteiger partial charge in [-0.15, -0.1) is 0 Å².